The first-order valence-corrected chi connectivity index (χ1v) is 19.2. The molecule has 3 saturated heterocycles. The first kappa shape index (κ1) is 33.1. The lowest BCUT2D eigenvalue weighted by Crippen LogP contribution is -2.63. The molecule has 266 valence electrons. The maximum Gasteiger partial charge on any atom is 0.319 e. The van der Waals surface area contributed by atoms with Gasteiger partial charge in [0.1, 0.15) is 28.6 Å². The van der Waals surface area contributed by atoms with Gasteiger partial charge in [0.25, 0.3) is 0 Å². The molecule has 9 nitrogen and oxygen atoms in total. The lowest BCUT2D eigenvalue weighted by atomic mass is 9.64. The summed E-state index contributed by atoms with van der Waals surface area (Å²) in [6.07, 6.45) is 14.6. The molecule has 3 aliphatic heterocycles. The number of ether oxygens (including phenoxy) is 2. The third kappa shape index (κ3) is 5.59. The summed E-state index contributed by atoms with van der Waals surface area (Å²) >= 11 is 2.07. The van der Waals surface area contributed by atoms with E-state index in [0.29, 0.717) is 53.8 Å². The van der Waals surface area contributed by atoms with E-state index in [4.69, 9.17) is 20.9 Å². The summed E-state index contributed by atoms with van der Waals surface area (Å²) in [4.78, 5) is 18.7. The van der Waals surface area contributed by atoms with Gasteiger partial charge in [0.2, 0.25) is 0 Å². The van der Waals surface area contributed by atoms with Crippen LogP contribution in [0.25, 0.3) is 32.9 Å². The molecule has 2 saturated carbocycles. The standard InChI is InChI=1S/C39H41F2N5O4S/c1-2-27-30(40)7-6-23-13-25(47)14-28(32(23)27)34-33(41)35-29(17-42-34)36(45-11-12-49-19-26(48)18-45)44-37(43-35)50-20-39-8-3-5-31(39)46(10-4-9-39)24-15-38(16-24)21-51-22-38/h1,6-7,13-14,17,24,26,31,47-48H,3-5,8-12,15-16,18-22H2. The van der Waals surface area contributed by atoms with Crippen molar-refractivity contribution in [2.45, 2.75) is 63.1 Å². The van der Waals surface area contributed by atoms with Gasteiger partial charge in [-0.1, -0.05) is 18.4 Å². The van der Waals surface area contributed by atoms with Crippen LogP contribution >= 0.6 is 11.8 Å². The molecule has 2 aromatic heterocycles. The molecule has 5 fully saturated rings. The number of nitrogens with zero attached hydrogens (tertiary/aromatic N) is 5. The molecule has 2 aliphatic carbocycles. The molecule has 3 unspecified atom stereocenters. The highest BCUT2D eigenvalue weighted by Crippen LogP contribution is 2.58. The van der Waals surface area contributed by atoms with E-state index in [2.05, 4.69) is 32.6 Å². The first-order valence-electron chi connectivity index (χ1n) is 18.0. The van der Waals surface area contributed by atoms with Crippen molar-refractivity contribution in [1.82, 2.24) is 19.9 Å². The number of aromatic nitrogens is 3. The number of fused-ring (bicyclic) bond motifs is 3. The SMILES string of the molecule is C#Cc1c(F)ccc2cc(O)cc(-c3ncc4c(N5CCOCC(O)C5)nc(OCC56CCCC5N(C5CC7(CSC7)C5)CCC6)nc4c3F)c12. The van der Waals surface area contributed by atoms with Crippen LogP contribution in [0.2, 0.25) is 0 Å². The van der Waals surface area contributed by atoms with Gasteiger partial charge in [-0.2, -0.15) is 21.7 Å². The van der Waals surface area contributed by atoms with E-state index in [9.17, 15) is 14.6 Å². The van der Waals surface area contributed by atoms with Crippen LogP contribution in [0.3, 0.4) is 0 Å². The van der Waals surface area contributed by atoms with E-state index in [-0.39, 0.29) is 58.1 Å². The van der Waals surface area contributed by atoms with E-state index in [1.54, 1.807) is 0 Å². The number of thioether (sulfide) groups is 1. The van der Waals surface area contributed by atoms with E-state index >= 15 is 4.39 Å². The number of aromatic hydroxyl groups is 1. The number of aliphatic hydroxyl groups is 1. The lowest BCUT2D eigenvalue weighted by molar-refractivity contribution is -0.0712. The zero-order chi connectivity index (χ0) is 34.9. The zero-order valence-electron chi connectivity index (χ0n) is 28.4. The molecule has 0 bridgehead atoms. The molecule has 1 spiro atoms. The van der Waals surface area contributed by atoms with Crippen molar-refractivity contribution < 1.29 is 28.5 Å². The van der Waals surface area contributed by atoms with Crippen molar-refractivity contribution in [2.24, 2.45) is 10.8 Å². The molecule has 5 heterocycles. The van der Waals surface area contributed by atoms with Gasteiger partial charge < -0.3 is 24.6 Å². The van der Waals surface area contributed by atoms with Crippen molar-refractivity contribution in [3.05, 3.63) is 47.7 Å². The largest absolute Gasteiger partial charge is 0.508 e. The summed E-state index contributed by atoms with van der Waals surface area (Å²) in [6.45, 7) is 2.73. The monoisotopic (exact) mass is 713 g/mol. The maximum atomic E-state index is 17.0. The summed E-state index contributed by atoms with van der Waals surface area (Å²) < 4.78 is 44.1. The summed E-state index contributed by atoms with van der Waals surface area (Å²) in [6, 6.07) is 6.64. The number of likely N-dealkylation sites (tertiary alicyclic amines) is 1. The number of anilines is 1. The van der Waals surface area contributed by atoms with E-state index < -0.39 is 17.7 Å². The fourth-order valence-electron chi connectivity index (χ4n) is 9.64. The van der Waals surface area contributed by atoms with Crippen LogP contribution in [0.1, 0.15) is 50.5 Å². The number of aliphatic hydroxyl groups excluding tert-OH is 1. The van der Waals surface area contributed by atoms with E-state index in [1.807, 2.05) is 4.90 Å². The molecule has 3 atom stereocenters. The van der Waals surface area contributed by atoms with E-state index in [0.717, 1.165) is 38.6 Å². The van der Waals surface area contributed by atoms with Crippen molar-refractivity contribution in [3.63, 3.8) is 0 Å². The van der Waals surface area contributed by atoms with Crippen molar-refractivity contribution in [3.8, 4) is 35.4 Å². The summed E-state index contributed by atoms with van der Waals surface area (Å²) in [5.41, 5.74) is 0.472. The highest BCUT2D eigenvalue weighted by Gasteiger charge is 2.56. The number of pyridine rings is 1. The smallest absolute Gasteiger partial charge is 0.319 e. The van der Waals surface area contributed by atoms with Gasteiger partial charge in [0.05, 0.1) is 36.9 Å². The average molecular weight is 714 g/mol. The Morgan fingerprint density at radius 1 is 1.12 bits per heavy atom. The number of piperidine rings is 1. The molecule has 2 aromatic carbocycles. The molecule has 0 radical (unpaired) electrons. The molecule has 12 heteroatoms. The number of terminal acetylenes is 1. The summed E-state index contributed by atoms with van der Waals surface area (Å²) in [5.74, 6) is 3.82. The van der Waals surface area contributed by atoms with Gasteiger partial charge in [-0.3, -0.25) is 9.88 Å². The molecule has 51 heavy (non-hydrogen) atoms. The Balaban J connectivity index is 1.11. The van der Waals surface area contributed by atoms with Gasteiger partial charge in [-0.25, -0.2) is 8.78 Å². The fraction of sp³-hybridized carbons (Fsp3) is 0.513. The molecule has 5 aliphatic rings. The Labute approximate surface area is 299 Å². The predicted octanol–water partition coefficient (Wildman–Crippen LogP) is 5.92. The molecule has 0 amide bonds. The minimum absolute atomic E-state index is 0.0290. The van der Waals surface area contributed by atoms with Crippen LogP contribution in [0.4, 0.5) is 14.6 Å². The zero-order valence-corrected chi connectivity index (χ0v) is 29.2. The van der Waals surface area contributed by atoms with E-state index in [1.165, 1.54) is 54.8 Å². The van der Waals surface area contributed by atoms with Crippen LogP contribution < -0.4 is 9.64 Å². The first-order chi connectivity index (χ1) is 24.8. The average Bonchev–Trinajstić information content (AvgIpc) is 3.40. The van der Waals surface area contributed by atoms with Crippen LogP contribution in [0.15, 0.2) is 30.5 Å². The third-order valence-electron chi connectivity index (χ3n) is 12.1. The molecular weight excluding hydrogens is 673 g/mol. The van der Waals surface area contributed by atoms with Gasteiger partial charge in [-0.15, -0.1) is 6.42 Å². The van der Waals surface area contributed by atoms with Crippen LogP contribution in [0.5, 0.6) is 11.8 Å². The minimum Gasteiger partial charge on any atom is -0.508 e. The van der Waals surface area contributed by atoms with Crippen LogP contribution in [-0.2, 0) is 4.74 Å². The number of halogens is 2. The Morgan fingerprint density at radius 3 is 2.76 bits per heavy atom. The van der Waals surface area contributed by atoms with Crippen molar-refractivity contribution in [2.75, 3.05) is 55.9 Å². The second kappa shape index (κ2) is 12.7. The van der Waals surface area contributed by atoms with Crippen molar-refractivity contribution >= 4 is 39.3 Å². The second-order valence-electron chi connectivity index (χ2n) is 15.3. The molecule has 4 aromatic rings. The fourth-order valence-corrected chi connectivity index (χ4v) is 10.9. The second-order valence-corrected chi connectivity index (χ2v) is 16.3. The number of β-amino-alcohol motifs (C(OH)–C–C–N with tert-alkyl or cyclic N) is 1. The Morgan fingerprint density at radius 2 is 1.96 bits per heavy atom. The molecule has 2 N–H and O–H groups in total. The Bertz CT molecular complexity index is 2070. The molecular formula is C39H41F2N5O4S. The maximum absolute atomic E-state index is 17.0. The summed E-state index contributed by atoms with van der Waals surface area (Å²) in [7, 11) is 0. The predicted molar refractivity (Wildman–Crippen MR) is 193 cm³/mol. The van der Waals surface area contributed by atoms with Gasteiger partial charge >= 0.3 is 6.01 Å². The van der Waals surface area contributed by atoms with Gasteiger partial charge in [0, 0.05) is 47.7 Å². The Hall–Kier alpha value is -3.76. The number of hydrogen-bond donors (Lipinski definition) is 2. The normalized spacial score (nSPS) is 26.4. The highest BCUT2D eigenvalue weighted by atomic mass is 32.2. The third-order valence-corrected chi connectivity index (χ3v) is 13.7. The topological polar surface area (TPSA) is 104 Å². The summed E-state index contributed by atoms with van der Waals surface area (Å²) in [5, 5.41) is 22.3. The number of rotatable bonds is 6. The lowest BCUT2D eigenvalue weighted by Gasteiger charge is -2.60. The van der Waals surface area contributed by atoms with Crippen molar-refractivity contribution in [1.29, 1.82) is 0 Å². The number of benzene rings is 2. The van der Waals surface area contributed by atoms with Gasteiger partial charge in [0.15, 0.2) is 5.82 Å². The Kier molecular flexibility index (Phi) is 8.26. The number of hydrogen-bond acceptors (Lipinski definition) is 10. The van der Waals surface area contributed by atoms with Crippen LogP contribution in [-0.4, -0.2) is 99.2 Å². The van der Waals surface area contributed by atoms with Crippen LogP contribution in [0, 0.1) is 34.8 Å². The highest BCUT2D eigenvalue weighted by molar-refractivity contribution is 8.00. The quantitative estimate of drug-likeness (QED) is 0.234. The number of phenolic OH excluding ortho intramolecular Hbond substituents is 1. The minimum atomic E-state index is -0.777. The molecule has 9 rings (SSSR count). The number of phenols is 1. The van der Waals surface area contributed by atoms with Gasteiger partial charge in [-0.05, 0) is 85.6 Å².